The SMILES string of the molecule is Cc1ncn(-c2ccc(C(F)(F)F)cc2C(N)=NO)c1C. The Hall–Kier alpha value is -2.51. The average Bonchev–Trinajstić information content (AvgIpc) is 2.76. The van der Waals surface area contributed by atoms with Crippen LogP contribution < -0.4 is 5.73 Å². The van der Waals surface area contributed by atoms with E-state index in [0.29, 0.717) is 5.69 Å². The number of hydrogen-bond donors (Lipinski definition) is 2. The van der Waals surface area contributed by atoms with Crippen LogP contribution in [0.1, 0.15) is 22.5 Å². The predicted molar refractivity (Wildman–Crippen MR) is 70.6 cm³/mol. The molecular weight excluding hydrogens is 285 g/mol. The highest BCUT2D eigenvalue weighted by Gasteiger charge is 2.31. The minimum atomic E-state index is -4.51. The Morgan fingerprint density at radius 1 is 1.33 bits per heavy atom. The largest absolute Gasteiger partial charge is 0.416 e. The summed E-state index contributed by atoms with van der Waals surface area (Å²) >= 11 is 0. The molecule has 0 unspecified atom stereocenters. The van der Waals surface area contributed by atoms with Gasteiger partial charge in [-0.1, -0.05) is 5.16 Å². The third-order valence-corrected chi connectivity index (χ3v) is 3.22. The van der Waals surface area contributed by atoms with Gasteiger partial charge in [-0.2, -0.15) is 13.2 Å². The summed E-state index contributed by atoms with van der Waals surface area (Å²) in [7, 11) is 0. The van der Waals surface area contributed by atoms with Gasteiger partial charge in [-0.25, -0.2) is 4.98 Å². The van der Waals surface area contributed by atoms with Crippen LogP contribution in [0, 0.1) is 13.8 Å². The minimum absolute atomic E-state index is 0.0205. The van der Waals surface area contributed by atoms with Gasteiger partial charge in [-0.05, 0) is 32.0 Å². The van der Waals surface area contributed by atoms with E-state index in [4.69, 9.17) is 10.9 Å². The van der Waals surface area contributed by atoms with Crippen molar-refractivity contribution in [2.45, 2.75) is 20.0 Å². The summed E-state index contributed by atoms with van der Waals surface area (Å²) in [6, 6.07) is 3.06. The lowest BCUT2D eigenvalue weighted by atomic mass is 10.1. The second kappa shape index (κ2) is 5.12. The third kappa shape index (κ3) is 2.69. The Morgan fingerprint density at radius 3 is 2.48 bits per heavy atom. The van der Waals surface area contributed by atoms with Crippen molar-refractivity contribution in [3.63, 3.8) is 0 Å². The Morgan fingerprint density at radius 2 is 2.00 bits per heavy atom. The number of amidine groups is 1. The molecule has 21 heavy (non-hydrogen) atoms. The zero-order chi connectivity index (χ0) is 15.8. The number of aromatic nitrogens is 2. The maximum Gasteiger partial charge on any atom is 0.416 e. The lowest BCUT2D eigenvalue weighted by Gasteiger charge is -2.14. The quantitative estimate of drug-likeness (QED) is 0.387. The summed E-state index contributed by atoms with van der Waals surface area (Å²) in [5.41, 5.74) is 6.45. The summed E-state index contributed by atoms with van der Waals surface area (Å²) in [5, 5.41) is 11.6. The molecule has 1 aromatic carbocycles. The first kappa shape index (κ1) is 14.9. The zero-order valence-electron chi connectivity index (χ0n) is 11.3. The van der Waals surface area contributed by atoms with E-state index in [2.05, 4.69) is 10.1 Å². The van der Waals surface area contributed by atoms with Gasteiger partial charge in [0.2, 0.25) is 0 Å². The number of nitrogens with two attached hydrogens (primary N) is 1. The first-order chi connectivity index (χ1) is 9.75. The van der Waals surface area contributed by atoms with Crippen molar-refractivity contribution in [1.29, 1.82) is 0 Å². The van der Waals surface area contributed by atoms with Crippen LogP contribution in [0.4, 0.5) is 13.2 Å². The van der Waals surface area contributed by atoms with Crippen LogP contribution in [0.15, 0.2) is 29.7 Å². The topological polar surface area (TPSA) is 76.4 Å². The normalized spacial score (nSPS) is 12.7. The van der Waals surface area contributed by atoms with Gasteiger partial charge in [0.25, 0.3) is 0 Å². The monoisotopic (exact) mass is 298 g/mol. The molecular formula is C13H13F3N4O. The third-order valence-electron chi connectivity index (χ3n) is 3.22. The summed E-state index contributed by atoms with van der Waals surface area (Å²) in [4.78, 5) is 4.09. The van der Waals surface area contributed by atoms with Crippen LogP contribution in [0.3, 0.4) is 0 Å². The van der Waals surface area contributed by atoms with Crippen LogP contribution in [-0.4, -0.2) is 20.6 Å². The van der Waals surface area contributed by atoms with Crippen molar-refractivity contribution in [1.82, 2.24) is 9.55 Å². The molecule has 0 aliphatic rings. The second-order valence-electron chi connectivity index (χ2n) is 4.50. The van der Waals surface area contributed by atoms with Crippen molar-refractivity contribution in [3.8, 4) is 5.69 Å². The van der Waals surface area contributed by atoms with Crippen LogP contribution in [-0.2, 0) is 6.18 Å². The number of rotatable bonds is 2. The van der Waals surface area contributed by atoms with Crippen molar-refractivity contribution in [2.75, 3.05) is 0 Å². The number of hydrogen-bond acceptors (Lipinski definition) is 3. The minimum Gasteiger partial charge on any atom is -0.409 e. The summed E-state index contributed by atoms with van der Waals surface area (Å²) in [6.07, 6.45) is -3.04. The van der Waals surface area contributed by atoms with E-state index >= 15 is 0 Å². The van der Waals surface area contributed by atoms with Crippen LogP contribution >= 0.6 is 0 Å². The van der Waals surface area contributed by atoms with Gasteiger partial charge < -0.3 is 15.5 Å². The Balaban J connectivity index is 2.69. The first-order valence-electron chi connectivity index (χ1n) is 5.95. The molecule has 1 heterocycles. The molecule has 0 radical (unpaired) electrons. The van der Waals surface area contributed by atoms with E-state index in [-0.39, 0.29) is 5.56 Å². The van der Waals surface area contributed by atoms with E-state index < -0.39 is 17.6 Å². The van der Waals surface area contributed by atoms with Crippen molar-refractivity contribution in [3.05, 3.63) is 47.0 Å². The molecule has 112 valence electrons. The van der Waals surface area contributed by atoms with Crippen LogP contribution in [0.5, 0.6) is 0 Å². The molecule has 0 aliphatic carbocycles. The number of benzene rings is 1. The molecule has 3 N–H and O–H groups in total. The molecule has 0 fully saturated rings. The highest BCUT2D eigenvalue weighted by atomic mass is 19.4. The number of nitrogens with zero attached hydrogens (tertiary/aromatic N) is 3. The highest BCUT2D eigenvalue weighted by Crippen LogP contribution is 2.31. The Bertz CT molecular complexity index is 704. The molecule has 0 amide bonds. The van der Waals surface area contributed by atoms with Crippen LogP contribution in [0.25, 0.3) is 5.69 Å². The molecule has 1 aromatic heterocycles. The number of imidazole rings is 1. The van der Waals surface area contributed by atoms with Gasteiger partial charge in [0.15, 0.2) is 5.84 Å². The molecule has 0 bridgehead atoms. The lowest BCUT2D eigenvalue weighted by Crippen LogP contribution is -2.18. The first-order valence-corrected chi connectivity index (χ1v) is 5.95. The van der Waals surface area contributed by atoms with Gasteiger partial charge >= 0.3 is 6.18 Å². The summed E-state index contributed by atoms with van der Waals surface area (Å²) < 4.78 is 40.0. The van der Waals surface area contributed by atoms with Crippen LogP contribution in [0.2, 0.25) is 0 Å². The standard InChI is InChI=1S/C13H13F3N4O/c1-7-8(2)20(6-18-7)11-4-3-9(13(14,15)16)5-10(11)12(17)19-21/h3-6,21H,1-2H3,(H2,17,19). The molecule has 5 nitrogen and oxygen atoms in total. The Kier molecular flexibility index (Phi) is 3.63. The second-order valence-corrected chi connectivity index (χ2v) is 4.50. The smallest absolute Gasteiger partial charge is 0.409 e. The predicted octanol–water partition coefficient (Wildman–Crippen LogP) is 2.60. The van der Waals surface area contributed by atoms with E-state index in [1.165, 1.54) is 12.4 Å². The number of aryl methyl sites for hydroxylation is 1. The highest BCUT2D eigenvalue weighted by molar-refractivity contribution is 6.00. The zero-order valence-corrected chi connectivity index (χ0v) is 11.3. The van der Waals surface area contributed by atoms with Gasteiger partial charge in [-0.15, -0.1) is 0 Å². The van der Waals surface area contributed by atoms with E-state index in [1.54, 1.807) is 18.4 Å². The van der Waals surface area contributed by atoms with Gasteiger partial charge in [0.05, 0.1) is 23.3 Å². The average molecular weight is 298 g/mol. The van der Waals surface area contributed by atoms with E-state index in [1.807, 2.05) is 0 Å². The molecule has 0 spiro atoms. The fraction of sp³-hybridized carbons (Fsp3) is 0.231. The fourth-order valence-electron chi connectivity index (χ4n) is 1.92. The van der Waals surface area contributed by atoms with Gasteiger partial charge in [0.1, 0.15) is 0 Å². The summed E-state index contributed by atoms with van der Waals surface area (Å²) in [6.45, 7) is 3.55. The van der Waals surface area contributed by atoms with Gasteiger partial charge in [0, 0.05) is 11.3 Å². The maximum atomic E-state index is 12.8. The molecule has 0 aliphatic heterocycles. The Labute approximate surface area is 118 Å². The van der Waals surface area contributed by atoms with Crippen molar-refractivity contribution in [2.24, 2.45) is 10.9 Å². The molecule has 0 atom stereocenters. The number of halogens is 3. The lowest BCUT2D eigenvalue weighted by molar-refractivity contribution is -0.137. The van der Waals surface area contributed by atoms with Crippen molar-refractivity contribution >= 4 is 5.84 Å². The molecule has 0 saturated heterocycles. The van der Waals surface area contributed by atoms with E-state index in [9.17, 15) is 13.2 Å². The molecule has 2 aromatic rings. The van der Waals surface area contributed by atoms with Gasteiger partial charge in [-0.3, -0.25) is 0 Å². The fourth-order valence-corrected chi connectivity index (χ4v) is 1.92. The number of alkyl halides is 3. The molecule has 0 saturated carbocycles. The maximum absolute atomic E-state index is 12.8. The van der Waals surface area contributed by atoms with E-state index in [0.717, 1.165) is 23.5 Å². The molecule has 8 heteroatoms. The van der Waals surface area contributed by atoms with Crippen molar-refractivity contribution < 1.29 is 18.4 Å². The summed E-state index contributed by atoms with van der Waals surface area (Å²) in [5.74, 6) is -0.401. The molecule has 2 rings (SSSR count). The number of oxime groups is 1.